The topological polar surface area (TPSA) is 37.8 Å². The third-order valence-electron chi connectivity index (χ3n) is 3.03. The van der Waals surface area contributed by atoms with Gasteiger partial charge >= 0.3 is 0 Å². The van der Waals surface area contributed by atoms with Gasteiger partial charge in [0.05, 0.1) is 0 Å². The van der Waals surface area contributed by atoms with Gasteiger partial charge in [0.2, 0.25) is 0 Å². The van der Waals surface area contributed by atoms with Gasteiger partial charge in [-0.25, -0.2) is 9.97 Å². The van der Waals surface area contributed by atoms with E-state index in [0.29, 0.717) is 10.2 Å². The Hall–Kier alpha value is -1.32. The fraction of sp³-hybridized carbons (Fsp3) is 0.286. The molecule has 1 aromatic heterocycles. The first-order valence-electron chi connectivity index (χ1n) is 6.25. The third-order valence-corrected chi connectivity index (χ3v) is 3.47. The Morgan fingerprint density at radius 2 is 1.84 bits per heavy atom. The molecule has 1 aliphatic carbocycles. The van der Waals surface area contributed by atoms with Gasteiger partial charge in [-0.3, -0.25) is 0 Å². The summed E-state index contributed by atoms with van der Waals surface area (Å²) >= 11 is 11.9. The van der Waals surface area contributed by atoms with Crippen LogP contribution in [-0.4, -0.2) is 9.97 Å². The van der Waals surface area contributed by atoms with Crippen LogP contribution >= 0.6 is 23.2 Å². The van der Waals surface area contributed by atoms with Crippen molar-refractivity contribution in [2.24, 2.45) is 5.92 Å². The van der Waals surface area contributed by atoms with E-state index in [0.717, 1.165) is 29.7 Å². The normalized spacial score (nSPS) is 14.4. The lowest BCUT2D eigenvalue weighted by atomic mass is 10.3. The molecule has 0 aliphatic heterocycles. The molecule has 1 N–H and O–H groups in total. The molecule has 5 heteroatoms. The van der Waals surface area contributed by atoms with Crippen molar-refractivity contribution in [2.75, 3.05) is 5.32 Å². The van der Waals surface area contributed by atoms with E-state index in [-0.39, 0.29) is 0 Å². The Labute approximate surface area is 122 Å². The molecule has 1 heterocycles. The van der Waals surface area contributed by atoms with Gasteiger partial charge in [0.15, 0.2) is 0 Å². The minimum absolute atomic E-state index is 0.474. The van der Waals surface area contributed by atoms with Gasteiger partial charge in [0.25, 0.3) is 0 Å². The van der Waals surface area contributed by atoms with Crippen LogP contribution < -0.4 is 5.32 Å². The third kappa shape index (κ3) is 3.58. The fourth-order valence-electron chi connectivity index (χ4n) is 1.88. The Bertz CT molecular complexity index is 580. The summed E-state index contributed by atoms with van der Waals surface area (Å²) in [7, 11) is 0. The Morgan fingerprint density at radius 1 is 1.11 bits per heavy atom. The Kier molecular flexibility index (Phi) is 3.58. The first-order chi connectivity index (χ1) is 9.19. The molecular weight excluding hydrogens is 281 g/mol. The Balaban J connectivity index is 1.79. The van der Waals surface area contributed by atoms with Crippen molar-refractivity contribution in [3.63, 3.8) is 0 Å². The van der Waals surface area contributed by atoms with Crippen LogP contribution in [0.4, 0.5) is 11.5 Å². The SMILES string of the molecule is Clc1ccc(Nc2cc(Cl)nc(CC3CC3)n2)cc1. The van der Waals surface area contributed by atoms with E-state index in [1.807, 2.05) is 24.3 Å². The van der Waals surface area contributed by atoms with Crippen LogP contribution in [0.2, 0.25) is 10.2 Å². The number of aromatic nitrogens is 2. The maximum atomic E-state index is 6.03. The van der Waals surface area contributed by atoms with Crippen LogP contribution in [0.5, 0.6) is 0 Å². The lowest BCUT2D eigenvalue weighted by Crippen LogP contribution is -2.01. The molecule has 19 heavy (non-hydrogen) atoms. The molecule has 0 amide bonds. The standard InChI is InChI=1S/C14H13Cl2N3/c15-10-3-5-11(6-4-10)17-14-8-12(16)18-13(19-14)7-9-1-2-9/h3-6,8-9H,1-2,7H2,(H,17,18,19). The van der Waals surface area contributed by atoms with Crippen molar-refractivity contribution in [3.8, 4) is 0 Å². The largest absolute Gasteiger partial charge is 0.340 e. The Morgan fingerprint density at radius 3 is 2.53 bits per heavy atom. The second kappa shape index (κ2) is 5.35. The molecule has 3 rings (SSSR count). The van der Waals surface area contributed by atoms with Gasteiger partial charge in [-0.2, -0.15) is 0 Å². The summed E-state index contributed by atoms with van der Waals surface area (Å²) in [5, 5.41) is 4.39. The number of benzene rings is 1. The molecule has 98 valence electrons. The number of anilines is 2. The zero-order valence-corrected chi connectivity index (χ0v) is 11.7. The van der Waals surface area contributed by atoms with E-state index >= 15 is 0 Å². The highest BCUT2D eigenvalue weighted by molar-refractivity contribution is 6.30. The van der Waals surface area contributed by atoms with Gasteiger partial charge in [-0.05, 0) is 43.0 Å². The average Bonchev–Trinajstić information content (AvgIpc) is 3.15. The van der Waals surface area contributed by atoms with Gasteiger partial charge in [-0.15, -0.1) is 0 Å². The lowest BCUT2D eigenvalue weighted by molar-refractivity contribution is 0.771. The van der Waals surface area contributed by atoms with Crippen molar-refractivity contribution in [3.05, 3.63) is 46.3 Å². The molecule has 1 aromatic carbocycles. The smallest absolute Gasteiger partial charge is 0.135 e. The zero-order chi connectivity index (χ0) is 13.2. The summed E-state index contributed by atoms with van der Waals surface area (Å²) in [4.78, 5) is 8.75. The summed E-state index contributed by atoms with van der Waals surface area (Å²) in [6, 6.07) is 9.19. The van der Waals surface area contributed by atoms with Crippen molar-refractivity contribution < 1.29 is 0 Å². The minimum atomic E-state index is 0.474. The van der Waals surface area contributed by atoms with Crippen LogP contribution in [0.1, 0.15) is 18.7 Å². The first-order valence-corrected chi connectivity index (χ1v) is 7.01. The molecule has 0 atom stereocenters. The second-order valence-electron chi connectivity index (χ2n) is 4.77. The molecule has 3 nitrogen and oxygen atoms in total. The van der Waals surface area contributed by atoms with E-state index in [1.165, 1.54) is 12.8 Å². The maximum Gasteiger partial charge on any atom is 0.135 e. The van der Waals surface area contributed by atoms with Crippen molar-refractivity contribution in [2.45, 2.75) is 19.3 Å². The van der Waals surface area contributed by atoms with Crippen LogP contribution in [0.3, 0.4) is 0 Å². The van der Waals surface area contributed by atoms with Crippen LogP contribution in [0.25, 0.3) is 0 Å². The van der Waals surface area contributed by atoms with Crippen molar-refractivity contribution in [1.29, 1.82) is 0 Å². The number of hydrogen-bond donors (Lipinski definition) is 1. The van der Waals surface area contributed by atoms with Crippen molar-refractivity contribution in [1.82, 2.24) is 9.97 Å². The monoisotopic (exact) mass is 293 g/mol. The summed E-state index contributed by atoms with van der Waals surface area (Å²) in [5.74, 6) is 2.27. The molecule has 0 unspecified atom stereocenters. The summed E-state index contributed by atoms with van der Waals surface area (Å²) in [5.41, 5.74) is 0.927. The van der Waals surface area contributed by atoms with Crippen LogP contribution in [-0.2, 0) is 6.42 Å². The molecule has 1 fully saturated rings. The van der Waals surface area contributed by atoms with Gasteiger partial charge in [-0.1, -0.05) is 23.2 Å². The van der Waals surface area contributed by atoms with E-state index in [2.05, 4.69) is 15.3 Å². The molecule has 0 bridgehead atoms. The predicted octanol–water partition coefficient (Wildman–Crippen LogP) is 4.48. The molecule has 1 saturated carbocycles. The number of halogens is 2. The lowest BCUT2D eigenvalue weighted by Gasteiger charge is -2.08. The quantitative estimate of drug-likeness (QED) is 0.845. The number of rotatable bonds is 4. The van der Waals surface area contributed by atoms with Gasteiger partial charge < -0.3 is 5.32 Å². The number of nitrogens with one attached hydrogen (secondary N) is 1. The molecule has 0 saturated heterocycles. The minimum Gasteiger partial charge on any atom is -0.340 e. The molecule has 0 spiro atoms. The second-order valence-corrected chi connectivity index (χ2v) is 5.60. The molecule has 2 aromatic rings. The van der Waals surface area contributed by atoms with E-state index in [1.54, 1.807) is 6.07 Å². The zero-order valence-electron chi connectivity index (χ0n) is 10.2. The summed E-state index contributed by atoms with van der Waals surface area (Å²) in [6.07, 6.45) is 3.46. The molecule has 0 radical (unpaired) electrons. The maximum absolute atomic E-state index is 6.03. The highest BCUT2D eigenvalue weighted by Crippen LogP contribution is 2.32. The van der Waals surface area contributed by atoms with E-state index < -0.39 is 0 Å². The molecular formula is C14H13Cl2N3. The summed E-state index contributed by atoms with van der Waals surface area (Å²) in [6.45, 7) is 0. The highest BCUT2D eigenvalue weighted by atomic mass is 35.5. The average molecular weight is 294 g/mol. The number of hydrogen-bond acceptors (Lipinski definition) is 3. The fourth-order valence-corrected chi connectivity index (χ4v) is 2.21. The predicted molar refractivity (Wildman–Crippen MR) is 78.2 cm³/mol. The highest BCUT2D eigenvalue weighted by Gasteiger charge is 2.23. The van der Waals surface area contributed by atoms with Crippen LogP contribution in [0.15, 0.2) is 30.3 Å². The number of nitrogens with zero attached hydrogens (tertiary/aromatic N) is 2. The van der Waals surface area contributed by atoms with Crippen molar-refractivity contribution >= 4 is 34.7 Å². The summed E-state index contributed by atoms with van der Waals surface area (Å²) < 4.78 is 0. The van der Waals surface area contributed by atoms with Crippen LogP contribution in [0, 0.1) is 5.92 Å². The molecule has 1 aliphatic rings. The van der Waals surface area contributed by atoms with Gasteiger partial charge in [0.1, 0.15) is 16.8 Å². The van der Waals surface area contributed by atoms with E-state index in [9.17, 15) is 0 Å². The first kappa shape index (κ1) is 12.7. The van der Waals surface area contributed by atoms with E-state index in [4.69, 9.17) is 23.2 Å². The van der Waals surface area contributed by atoms with Gasteiger partial charge in [0, 0.05) is 23.2 Å².